The first kappa shape index (κ1) is 14.7. The van der Waals surface area contributed by atoms with E-state index >= 15 is 0 Å². The third-order valence-corrected chi connectivity index (χ3v) is 3.91. The number of rotatable bonds is 6. The Morgan fingerprint density at radius 1 is 1.14 bits per heavy atom. The fourth-order valence-corrected chi connectivity index (χ4v) is 2.78. The lowest BCUT2D eigenvalue weighted by molar-refractivity contribution is 0.203. The number of likely N-dealkylation sites (tertiary alicyclic amines) is 1. The van der Waals surface area contributed by atoms with E-state index in [-0.39, 0.29) is 12.1 Å². The van der Waals surface area contributed by atoms with Gasteiger partial charge in [0.25, 0.3) is 0 Å². The highest BCUT2D eigenvalue weighted by atomic mass is 16.3. The van der Waals surface area contributed by atoms with Gasteiger partial charge < -0.3 is 19.5 Å². The Hall–Kier alpha value is -2.21. The van der Waals surface area contributed by atoms with Crippen LogP contribution in [0.15, 0.2) is 45.6 Å². The number of nitrogens with one attached hydrogen (secondary N) is 2. The molecule has 2 amide bonds. The van der Waals surface area contributed by atoms with Crippen molar-refractivity contribution in [1.82, 2.24) is 15.5 Å². The van der Waals surface area contributed by atoms with E-state index < -0.39 is 0 Å². The molecule has 1 fully saturated rings. The Bertz CT molecular complexity index is 559. The highest BCUT2D eigenvalue weighted by Crippen LogP contribution is 2.24. The Balaban J connectivity index is 1.51. The largest absolute Gasteiger partial charge is 0.468 e. The van der Waals surface area contributed by atoms with Crippen molar-refractivity contribution in [1.29, 1.82) is 0 Å². The Labute approximate surface area is 129 Å². The number of carbonyl (C=O) groups is 1. The second-order valence-corrected chi connectivity index (χ2v) is 5.42. The standard InChI is InChI=1S/C16H21N3O3/c20-16(17-11-13-5-3-9-21-13)18-12-14(15-6-4-10-22-15)19-7-1-2-8-19/h3-6,9-10,14H,1-2,7-8,11-12H2,(H2,17,18,20)/t14-/m1/s1. The summed E-state index contributed by atoms with van der Waals surface area (Å²) in [5.41, 5.74) is 0. The third kappa shape index (κ3) is 3.71. The molecule has 0 bridgehead atoms. The lowest BCUT2D eigenvalue weighted by Gasteiger charge is -2.25. The van der Waals surface area contributed by atoms with Crippen LogP contribution in [0.4, 0.5) is 4.79 Å². The van der Waals surface area contributed by atoms with E-state index in [0.29, 0.717) is 13.1 Å². The zero-order valence-corrected chi connectivity index (χ0v) is 12.5. The number of urea groups is 1. The van der Waals surface area contributed by atoms with Crippen molar-refractivity contribution in [2.75, 3.05) is 19.6 Å². The molecule has 3 heterocycles. The van der Waals surface area contributed by atoms with E-state index in [4.69, 9.17) is 8.83 Å². The van der Waals surface area contributed by atoms with Gasteiger partial charge in [0.05, 0.1) is 25.1 Å². The zero-order chi connectivity index (χ0) is 15.2. The number of furan rings is 2. The summed E-state index contributed by atoms with van der Waals surface area (Å²) in [6.45, 7) is 2.99. The molecule has 6 nitrogen and oxygen atoms in total. The first-order chi connectivity index (χ1) is 10.8. The first-order valence-corrected chi connectivity index (χ1v) is 7.64. The number of hydrogen-bond acceptors (Lipinski definition) is 4. The molecule has 0 unspecified atom stereocenters. The van der Waals surface area contributed by atoms with Crippen molar-refractivity contribution in [2.45, 2.75) is 25.4 Å². The molecule has 2 aromatic rings. The summed E-state index contributed by atoms with van der Waals surface area (Å²) in [5, 5.41) is 5.70. The molecule has 3 rings (SSSR count). The average molecular weight is 303 g/mol. The van der Waals surface area contributed by atoms with Gasteiger partial charge in [-0.15, -0.1) is 0 Å². The molecule has 0 saturated carbocycles. The summed E-state index contributed by atoms with van der Waals surface area (Å²) in [7, 11) is 0. The molecule has 1 atom stereocenters. The van der Waals surface area contributed by atoms with Crippen molar-refractivity contribution in [3.8, 4) is 0 Å². The van der Waals surface area contributed by atoms with E-state index in [1.807, 2.05) is 18.2 Å². The highest BCUT2D eigenvalue weighted by Gasteiger charge is 2.25. The van der Waals surface area contributed by atoms with Crippen LogP contribution in [0, 0.1) is 0 Å². The van der Waals surface area contributed by atoms with Gasteiger partial charge in [-0.2, -0.15) is 0 Å². The molecule has 0 radical (unpaired) electrons. The van der Waals surface area contributed by atoms with Crippen LogP contribution in [0.3, 0.4) is 0 Å². The number of carbonyl (C=O) groups excluding carboxylic acids is 1. The quantitative estimate of drug-likeness (QED) is 0.860. The smallest absolute Gasteiger partial charge is 0.315 e. The first-order valence-electron chi connectivity index (χ1n) is 7.64. The minimum Gasteiger partial charge on any atom is -0.468 e. The van der Waals surface area contributed by atoms with Crippen molar-refractivity contribution < 1.29 is 13.6 Å². The van der Waals surface area contributed by atoms with E-state index in [1.165, 1.54) is 12.8 Å². The molecule has 2 aromatic heterocycles. The predicted octanol–water partition coefficient (Wildman–Crippen LogP) is 2.51. The van der Waals surface area contributed by atoms with Crippen LogP contribution < -0.4 is 10.6 Å². The minimum absolute atomic E-state index is 0.0897. The molecular weight excluding hydrogens is 282 g/mol. The maximum absolute atomic E-state index is 11.9. The van der Waals surface area contributed by atoms with Crippen molar-refractivity contribution in [3.05, 3.63) is 48.3 Å². The maximum atomic E-state index is 11.9. The van der Waals surface area contributed by atoms with Gasteiger partial charge in [-0.1, -0.05) is 0 Å². The van der Waals surface area contributed by atoms with Crippen LogP contribution >= 0.6 is 0 Å². The van der Waals surface area contributed by atoms with Crippen LogP contribution in [-0.4, -0.2) is 30.6 Å². The van der Waals surface area contributed by atoms with Gasteiger partial charge in [-0.3, -0.25) is 4.90 Å². The molecule has 1 saturated heterocycles. The summed E-state index contributed by atoms with van der Waals surface area (Å²) >= 11 is 0. The van der Waals surface area contributed by atoms with Gasteiger partial charge in [0.15, 0.2) is 0 Å². The van der Waals surface area contributed by atoms with Gasteiger partial charge in [-0.25, -0.2) is 4.79 Å². The monoisotopic (exact) mass is 303 g/mol. The molecule has 1 aliphatic rings. The molecule has 0 aliphatic carbocycles. The van der Waals surface area contributed by atoms with Gasteiger partial charge in [0.2, 0.25) is 0 Å². The molecule has 2 N–H and O–H groups in total. The Kier molecular flexibility index (Phi) is 4.80. The van der Waals surface area contributed by atoms with Gasteiger partial charge in [-0.05, 0) is 50.2 Å². The van der Waals surface area contributed by atoms with E-state index in [2.05, 4.69) is 15.5 Å². The third-order valence-electron chi connectivity index (χ3n) is 3.91. The second kappa shape index (κ2) is 7.17. The molecule has 0 spiro atoms. The molecule has 0 aromatic carbocycles. The number of hydrogen-bond donors (Lipinski definition) is 2. The van der Waals surface area contributed by atoms with E-state index in [9.17, 15) is 4.79 Å². The van der Waals surface area contributed by atoms with Gasteiger partial charge in [0, 0.05) is 6.54 Å². The van der Waals surface area contributed by atoms with Crippen LogP contribution in [0.5, 0.6) is 0 Å². The molecule has 1 aliphatic heterocycles. The van der Waals surface area contributed by atoms with Crippen LogP contribution in [0.1, 0.15) is 30.4 Å². The lowest BCUT2D eigenvalue weighted by atomic mass is 10.2. The lowest BCUT2D eigenvalue weighted by Crippen LogP contribution is -2.41. The summed E-state index contributed by atoms with van der Waals surface area (Å²) in [4.78, 5) is 14.3. The number of amides is 2. The Morgan fingerprint density at radius 2 is 1.91 bits per heavy atom. The second-order valence-electron chi connectivity index (χ2n) is 5.42. The van der Waals surface area contributed by atoms with Crippen LogP contribution in [0.2, 0.25) is 0 Å². The van der Waals surface area contributed by atoms with Crippen molar-refractivity contribution in [2.24, 2.45) is 0 Å². The van der Waals surface area contributed by atoms with Crippen LogP contribution in [0.25, 0.3) is 0 Å². The average Bonchev–Trinajstić information content (AvgIpc) is 3.27. The SMILES string of the molecule is O=C(NCc1ccco1)NC[C@H](c1ccco1)N1CCCC1. The van der Waals surface area contributed by atoms with E-state index in [0.717, 1.165) is 24.6 Å². The molecular formula is C16H21N3O3. The highest BCUT2D eigenvalue weighted by molar-refractivity contribution is 5.73. The maximum Gasteiger partial charge on any atom is 0.315 e. The normalized spacial score (nSPS) is 16.5. The predicted molar refractivity (Wildman–Crippen MR) is 81.2 cm³/mol. The van der Waals surface area contributed by atoms with Gasteiger partial charge in [0.1, 0.15) is 11.5 Å². The molecule has 22 heavy (non-hydrogen) atoms. The van der Waals surface area contributed by atoms with Crippen LogP contribution in [-0.2, 0) is 6.54 Å². The van der Waals surface area contributed by atoms with E-state index in [1.54, 1.807) is 18.6 Å². The Morgan fingerprint density at radius 3 is 2.59 bits per heavy atom. The summed E-state index contributed by atoms with van der Waals surface area (Å²) < 4.78 is 10.7. The molecule has 6 heteroatoms. The zero-order valence-electron chi connectivity index (χ0n) is 12.5. The minimum atomic E-state index is -0.202. The topological polar surface area (TPSA) is 70.6 Å². The van der Waals surface area contributed by atoms with Crippen molar-refractivity contribution in [3.63, 3.8) is 0 Å². The summed E-state index contributed by atoms with van der Waals surface area (Å²) in [6.07, 6.45) is 5.66. The fourth-order valence-electron chi connectivity index (χ4n) is 2.78. The summed E-state index contributed by atoms with van der Waals surface area (Å²) in [6, 6.07) is 7.37. The fraction of sp³-hybridized carbons (Fsp3) is 0.438. The van der Waals surface area contributed by atoms with Gasteiger partial charge >= 0.3 is 6.03 Å². The number of nitrogens with zero attached hydrogens (tertiary/aromatic N) is 1. The van der Waals surface area contributed by atoms with Crippen molar-refractivity contribution >= 4 is 6.03 Å². The molecule has 118 valence electrons. The summed E-state index contributed by atoms with van der Waals surface area (Å²) in [5.74, 6) is 1.63.